The van der Waals surface area contributed by atoms with Crippen LogP contribution >= 0.6 is 0 Å². The number of hydrogen-bond acceptors (Lipinski definition) is 3. The minimum absolute atomic E-state index is 0.0544. The van der Waals surface area contributed by atoms with Crippen molar-refractivity contribution in [3.8, 4) is 0 Å². The second kappa shape index (κ2) is 6.25. The van der Waals surface area contributed by atoms with Crippen LogP contribution in [0.4, 0.5) is 4.39 Å². The molecule has 5 nitrogen and oxygen atoms in total. The summed E-state index contributed by atoms with van der Waals surface area (Å²) in [6, 6.07) is 9.88. The molecular weight excluding hydrogens is 309 g/mol. The molecule has 0 fully saturated rings. The molecule has 116 valence electrons. The highest BCUT2D eigenvalue weighted by molar-refractivity contribution is 7.89. The molecule has 0 heterocycles. The first-order valence-corrected chi connectivity index (χ1v) is 7.86. The molecule has 0 aliphatic rings. The van der Waals surface area contributed by atoms with Gasteiger partial charge < -0.3 is 5.11 Å². The number of sulfonamides is 1. The highest BCUT2D eigenvalue weighted by Crippen LogP contribution is 2.19. The fourth-order valence-electron chi connectivity index (χ4n) is 2.02. The molecule has 2 rings (SSSR count). The average molecular weight is 323 g/mol. The van der Waals surface area contributed by atoms with Crippen LogP contribution in [0.2, 0.25) is 0 Å². The predicted octanol–water partition coefficient (Wildman–Crippen LogP) is 2.31. The summed E-state index contributed by atoms with van der Waals surface area (Å²) in [6.45, 7) is 1.37. The Morgan fingerprint density at radius 2 is 1.91 bits per heavy atom. The van der Waals surface area contributed by atoms with E-state index in [0.717, 1.165) is 6.07 Å². The van der Waals surface area contributed by atoms with Crippen LogP contribution in [-0.2, 0) is 16.6 Å². The van der Waals surface area contributed by atoms with Crippen LogP contribution in [0.25, 0.3) is 0 Å². The van der Waals surface area contributed by atoms with Gasteiger partial charge in [0.15, 0.2) is 0 Å². The SMILES string of the molecule is Cc1cccc(F)c1S(=O)(=O)NCc1cccc(C(=O)O)c1. The highest BCUT2D eigenvalue weighted by atomic mass is 32.2. The fourth-order valence-corrected chi connectivity index (χ4v) is 3.34. The monoisotopic (exact) mass is 323 g/mol. The number of nitrogens with one attached hydrogen (secondary N) is 1. The second-order valence-electron chi connectivity index (χ2n) is 4.72. The minimum Gasteiger partial charge on any atom is -0.478 e. The Morgan fingerprint density at radius 3 is 2.55 bits per heavy atom. The number of halogens is 1. The number of carboxylic acid groups (broad SMARTS) is 1. The first kappa shape index (κ1) is 16.1. The molecule has 0 unspecified atom stereocenters. The quantitative estimate of drug-likeness (QED) is 0.884. The zero-order valence-electron chi connectivity index (χ0n) is 11.7. The standard InChI is InChI=1S/C15H14FNO4S/c1-10-4-2-7-13(16)14(10)22(20,21)17-9-11-5-3-6-12(8-11)15(18)19/h2-8,17H,9H2,1H3,(H,18,19). The molecule has 0 amide bonds. The van der Waals surface area contributed by atoms with Crippen LogP contribution in [0.5, 0.6) is 0 Å². The Labute approximate surface area is 127 Å². The fraction of sp³-hybridized carbons (Fsp3) is 0.133. The third-order valence-electron chi connectivity index (χ3n) is 3.07. The number of benzene rings is 2. The summed E-state index contributed by atoms with van der Waals surface area (Å²) in [6.07, 6.45) is 0. The van der Waals surface area contributed by atoms with Crippen molar-refractivity contribution in [1.29, 1.82) is 0 Å². The first-order valence-electron chi connectivity index (χ1n) is 6.38. The molecule has 2 N–H and O–H groups in total. The number of aromatic carboxylic acids is 1. The molecule has 0 aliphatic carbocycles. The molecular formula is C15H14FNO4S. The lowest BCUT2D eigenvalue weighted by atomic mass is 10.1. The molecule has 7 heteroatoms. The summed E-state index contributed by atoms with van der Waals surface area (Å²) in [7, 11) is -4.03. The van der Waals surface area contributed by atoms with Gasteiger partial charge in [-0.1, -0.05) is 24.3 Å². The lowest BCUT2D eigenvalue weighted by Crippen LogP contribution is -2.25. The Balaban J connectivity index is 2.24. The van der Waals surface area contributed by atoms with Gasteiger partial charge in [-0.15, -0.1) is 0 Å². The Bertz CT molecular complexity index is 798. The van der Waals surface area contributed by atoms with E-state index in [1.807, 2.05) is 0 Å². The van der Waals surface area contributed by atoms with Gasteiger partial charge in [0.05, 0.1) is 5.56 Å². The van der Waals surface area contributed by atoms with Gasteiger partial charge in [0.2, 0.25) is 10.0 Å². The Hall–Kier alpha value is -2.25. The topological polar surface area (TPSA) is 83.5 Å². The van der Waals surface area contributed by atoms with Gasteiger partial charge in [0.25, 0.3) is 0 Å². The zero-order valence-corrected chi connectivity index (χ0v) is 12.5. The van der Waals surface area contributed by atoms with Crippen LogP contribution in [0, 0.1) is 12.7 Å². The van der Waals surface area contributed by atoms with Gasteiger partial charge in [0, 0.05) is 6.54 Å². The molecule has 0 saturated heterocycles. The molecule has 0 radical (unpaired) electrons. The van der Waals surface area contributed by atoms with Crippen molar-refractivity contribution in [1.82, 2.24) is 4.72 Å². The van der Waals surface area contributed by atoms with Crippen molar-refractivity contribution < 1.29 is 22.7 Å². The van der Waals surface area contributed by atoms with Gasteiger partial charge in [-0.25, -0.2) is 22.3 Å². The van der Waals surface area contributed by atoms with Crippen molar-refractivity contribution >= 4 is 16.0 Å². The van der Waals surface area contributed by atoms with Gasteiger partial charge in [-0.3, -0.25) is 0 Å². The van der Waals surface area contributed by atoms with Crippen LogP contribution in [-0.4, -0.2) is 19.5 Å². The van der Waals surface area contributed by atoms with E-state index >= 15 is 0 Å². The van der Waals surface area contributed by atoms with Gasteiger partial charge >= 0.3 is 5.97 Å². The molecule has 0 bridgehead atoms. The van der Waals surface area contributed by atoms with Crippen LogP contribution in [0.1, 0.15) is 21.5 Å². The number of aryl methyl sites for hydroxylation is 1. The van der Waals surface area contributed by atoms with Crippen molar-refractivity contribution in [3.05, 3.63) is 65.0 Å². The lowest BCUT2D eigenvalue weighted by molar-refractivity contribution is 0.0696. The summed E-state index contributed by atoms with van der Waals surface area (Å²) >= 11 is 0. The van der Waals surface area contributed by atoms with Crippen molar-refractivity contribution in [2.24, 2.45) is 0 Å². The average Bonchev–Trinajstić information content (AvgIpc) is 2.45. The molecule has 2 aromatic rings. The summed E-state index contributed by atoms with van der Waals surface area (Å²) in [5, 5.41) is 8.90. The largest absolute Gasteiger partial charge is 0.478 e. The number of hydrogen-bond donors (Lipinski definition) is 2. The smallest absolute Gasteiger partial charge is 0.335 e. The number of rotatable bonds is 5. The lowest BCUT2D eigenvalue weighted by Gasteiger charge is -2.10. The molecule has 0 atom stereocenters. The summed E-state index contributed by atoms with van der Waals surface area (Å²) in [5.74, 6) is -1.93. The summed E-state index contributed by atoms with van der Waals surface area (Å²) < 4.78 is 40.4. The van der Waals surface area contributed by atoms with E-state index in [1.54, 1.807) is 6.07 Å². The predicted molar refractivity (Wildman–Crippen MR) is 78.6 cm³/mol. The van der Waals surface area contributed by atoms with E-state index in [2.05, 4.69) is 4.72 Å². The maximum atomic E-state index is 13.7. The Morgan fingerprint density at radius 1 is 1.23 bits per heavy atom. The van der Waals surface area contributed by atoms with E-state index in [1.165, 1.54) is 37.3 Å². The van der Waals surface area contributed by atoms with Crippen molar-refractivity contribution in [2.45, 2.75) is 18.4 Å². The maximum Gasteiger partial charge on any atom is 0.335 e. The second-order valence-corrected chi connectivity index (χ2v) is 6.42. The van der Waals surface area contributed by atoms with Crippen LogP contribution < -0.4 is 4.72 Å². The summed E-state index contributed by atoms with van der Waals surface area (Å²) in [4.78, 5) is 10.5. The third kappa shape index (κ3) is 3.49. The zero-order chi connectivity index (χ0) is 16.3. The van der Waals surface area contributed by atoms with Crippen LogP contribution in [0.15, 0.2) is 47.4 Å². The van der Waals surface area contributed by atoms with E-state index in [-0.39, 0.29) is 12.1 Å². The highest BCUT2D eigenvalue weighted by Gasteiger charge is 2.21. The van der Waals surface area contributed by atoms with Crippen molar-refractivity contribution in [3.63, 3.8) is 0 Å². The third-order valence-corrected chi connectivity index (χ3v) is 4.65. The maximum absolute atomic E-state index is 13.7. The number of carbonyl (C=O) groups is 1. The van der Waals surface area contributed by atoms with Gasteiger partial charge in [0.1, 0.15) is 10.7 Å². The normalized spacial score (nSPS) is 11.4. The molecule has 0 aliphatic heterocycles. The van der Waals surface area contributed by atoms with Crippen molar-refractivity contribution in [2.75, 3.05) is 0 Å². The minimum atomic E-state index is -4.03. The van der Waals surface area contributed by atoms with E-state index < -0.39 is 26.7 Å². The van der Waals surface area contributed by atoms with E-state index in [0.29, 0.717) is 11.1 Å². The molecule has 0 saturated carbocycles. The Kier molecular flexibility index (Phi) is 4.58. The summed E-state index contributed by atoms with van der Waals surface area (Å²) in [5.41, 5.74) is 0.822. The van der Waals surface area contributed by atoms with E-state index in [9.17, 15) is 17.6 Å². The number of carboxylic acids is 1. The molecule has 22 heavy (non-hydrogen) atoms. The van der Waals surface area contributed by atoms with Gasteiger partial charge in [-0.05, 0) is 36.2 Å². The van der Waals surface area contributed by atoms with Gasteiger partial charge in [-0.2, -0.15) is 0 Å². The molecule has 0 aromatic heterocycles. The first-order chi connectivity index (χ1) is 10.3. The van der Waals surface area contributed by atoms with E-state index in [4.69, 9.17) is 5.11 Å². The molecule has 0 spiro atoms. The molecule has 2 aromatic carbocycles. The van der Waals surface area contributed by atoms with Crippen LogP contribution in [0.3, 0.4) is 0 Å².